The number of rotatable bonds is 1. The van der Waals surface area contributed by atoms with Crippen molar-refractivity contribution in [1.82, 2.24) is 4.90 Å². The van der Waals surface area contributed by atoms with Crippen molar-refractivity contribution in [1.29, 1.82) is 0 Å². The minimum Gasteiger partial charge on any atom is -0.495 e. The monoisotopic (exact) mass is 179 g/mol. The van der Waals surface area contributed by atoms with Crippen LogP contribution in [0.2, 0.25) is 0 Å². The highest BCUT2D eigenvalue weighted by molar-refractivity contribution is 5.32. The highest BCUT2D eigenvalue weighted by Crippen LogP contribution is 2.26. The molecular weight excluding hydrogens is 169 g/mol. The van der Waals surface area contributed by atoms with Crippen molar-refractivity contribution in [3.63, 3.8) is 0 Å². The van der Waals surface area contributed by atoms with E-state index in [9.17, 15) is 4.39 Å². The summed E-state index contributed by atoms with van der Waals surface area (Å²) in [5, 5.41) is 9.12. The van der Waals surface area contributed by atoms with Gasteiger partial charge in [0, 0.05) is 18.7 Å². The smallest absolute Gasteiger partial charge is 0.179 e. The fraction of sp³-hybridized carbons (Fsp3) is 0.200. The molecule has 68 valence electrons. The van der Waals surface area contributed by atoms with Gasteiger partial charge < -0.3 is 10.0 Å². The number of aliphatic hydroxyl groups is 1. The molecule has 0 bridgehead atoms. The van der Waals surface area contributed by atoms with Crippen molar-refractivity contribution < 1.29 is 9.50 Å². The van der Waals surface area contributed by atoms with E-state index < -0.39 is 0 Å². The van der Waals surface area contributed by atoms with Gasteiger partial charge in [-0.1, -0.05) is 12.1 Å². The van der Waals surface area contributed by atoms with Crippen LogP contribution in [0, 0.1) is 5.82 Å². The van der Waals surface area contributed by atoms with E-state index >= 15 is 0 Å². The minimum absolute atomic E-state index is 0.00407. The van der Waals surface area contributed by atoms with Crippen molar-refractivity contribution in [3.05, 3.63) is 47.6 Å². The number of hydrogen-bond donors (Lipinski definition) is 1. The van der Waals surface area contributed by atoms with Gasteiger partial charge in [0.1, 0.15) is 5.82 Å². The van der Waals surface area contributed by atoms with Crippen LogP contribution in [0.1, 0.15) is 11.1 Å². The largest absolute Gasteiger partial charge is 0.495 e. The number of fused-ring (bicyclic) bond motifs is 1. The van der Waals surface area contributed by atoms with Crippen LogP contribution in [-0.4, -0.2) is 10.0 Å². The number of aliphatic hydroxyl groups excluding tert-OH is 1. The Morgan fingerprint density at radius 1 is 1.46 bits per heavy atom. The maximum Gasteiger partial charge on any atom is 0.179 e. The van der Waals surface area contributed by atoms with E-state index in [-0.39, 0.29) is 11.7 Å². The zero-order chi connectivity index (χ0) is 9.42. The van der Waals surface area contributed by atoms with E-state index in [2.05, 4.69) is 6.58 Å². The van der Waals surface area contributed by atoms with Gasteiger partial charge in [0.25, 0.3) is 0 Å². The van der Waals surface area contributed by atoms with Gasteiger partial charge in [0.05, 0.1) is 0 Å². The van der Waals surface area contributed by atoms with Crippen molar-refractivity contribution in [2.24, 2.45) is 0 Å². The average Bonchev–Trinajstić information content (AvgIpc) is 2.49. The number of halogens is 1. The predicted molar refractivity (Wildman–Crippen MR) is 47.4 cm³/mol. The maximum atomic E-state index is 13.2. The topological polar surface area (TPSA) is 23.5 Å². The molecule has 0 spiro atoms. The van der Waals surface area contributed by atoms with Gasteiger partial charge in [-0.15, -0.1) is 0 Å². The number of hydrogen-bond acceptors (Lipinski definition) is 2. The standard InChI is InChI=1S/C10H10FNO/c1-7(13)12-5-8-3-2-4-10(11)9(8)6-12/h2-4,13H,1,5-6H2. The van der Waals surface area contributed by atoms with Crippen LogP contribution in [0.5, 0.6) is 0 Å². The molecular formula is C10H10FNO. The number of benzene rings is 1. The van der Waals surface area contributed by atoms with Crippen LogP contribution in [0.3, 0.4) is 0 Å². The highest BCUT2D eigenvalue weighted by atomic mass is 19.1. The Morgan fingerprint density at radius 3 is 2.85 bits per heavy atom. The Kier molecular flexibility index (Phi) is 1.72. The second-order valence-corrected chi connectivity index (χ2v) is 3.15. The molecule has 1 aromatic carbocycles. The van der Waals surface area contributed by atoms with Gasteiger partial charge >= 0.3 is 0 Å². The second-order valence-electron chi connectivity index (χ2n) is 3.15. The van der Waals surface area contributed by atoms with Gasteiger partial charge in [-0.05, 0) is 18.2 Å². The zero-order valence-electron chi connectivity index (χ0n) is 7.13. The van der Waals surface area contributed by atoms with E-state index in [1.807, 2.05) is 6.07 Å². The third-order valence-electron chi connectivity index (χ3n) is 2.29. The van der Waals surface area contributed by atoms with E-state index in [0.29, 0.717) is 18.7 Å². The molecule has 1 N–H and O–H groups in total. The molecule has 0 aromatic heterocycles. The summed E-state index contributed by atoms with van der Waals surface area (Å²) in [6, 6.07) is 4.97. The normalized spacial score (nSPS) is 14.4. The lowest BCUT2D eigenvalue weighted by atomic mass is 10.1. The first-order valence-corrected chi connectivity index (χ1v) is 4.07. The van der Waals surface area contributed by atoms with Crippen molar-refractivity contribution >= 4 is 0 Å². The van der Waals surface area contributed by atoms with Crippen LogP contribution >= 0.6 is 0 Å². The quantitative estimate of drug-likeness (QED) is 0.668. The Balaban J connectivity index is 2.35. The van der Waals surface area contributed by atoms with Gasteiger partial charge in [-0.2, -0.15) is 0 Å². The molecule has 2 rings (SSSR count). The number of nitrogens with zero attached hydrogens (tertiary/aromatic N) is 1. The van der Waals surface area contributed by atoms with Crippen LogP contribution in [0.25, 0.3) is 0 Å². The molecule has 0 aliphatic carbocycles. The van der Waals surface area contributed by atoms with Gasteiger partial charge in [-0.3, -0.25) is 0 Å². The highest BCUT2D eigenvalue weighted by Gasteiger charge is 2.21. The first kappa shape index (κ1) is 8.10. The summed E-state index contributed by atoms with van der Waals surface area (Å²) in [5.41, 5.74) is 1.59. The predicted octanol–water partition coefficient (Wildman–Crippen LogP) is 2.17. The fourth-order valence-electron chi connectivity index (χ4n) is 1.56. The van der Waals surface area contributed by atoms with Gasteiger partial charge in [-0.25, -0.2) is 4.39 Å². The van der Waals surface area contributed by atoms with Gasteiger partial charge in [0.15, 0.2) is 5.88 Å². The van der Waals surface area contributed by atoms with Crippen LogP contribution in [0.15, 0.2) is 30.7 Å². The SMILES string of the molecule is C=C(O)N1Cc2cccc(F)c2C1. The molecule has 0 saturated carbocycles. The Labute approximate surface area is 75.9 Å². The van der Waals surface area contributed by atoms with Crippen molar-refractivity contribution in [2.45, 2.75) is 13.1 Å². The summed E-state index contributed by atoms with van der Waals surface area (Å²) in [4.78, 5) is 1.63. The van der Waals surface area contributed by atoms with Gasteiger partial charge in [0.2, 0.25) is 0 Å². The lowest BCUT2D eigenvalue weighted by Crippen LogP contribution is -2.14. The molecule has 0 radical (unpaired) electrons. The molecule has 1 heterocycles. The van der Waals surface area contributed by atoms with Crippen LogP contribution in [-0.2, 0) is 13.1 Å². The Bertz CT molecular complexity index is 362. The van der Waals surface area contributed by atoms with E-state index in [1.54, 1.807) is 11.0 Å². The summed E-state index contributed by atoms with van der Waals surface area (Å²) < 4.78 is 13.2. The lowest BCUT2D eigenvalue weighted by molar-refractivity contribution is 0.204. The Morgan fingerprint density at radius 2 is 2.23 bits per heavy atom. The first-order valence-electron chi connectivity index (χ1n) is 4.07. The van der Waals surface area contributed by atoms with Crippen LogP contribution in [0.4, 0.5) is 4.39 Å². The molecule has 0 atom stereocenters. The summed E-state index contributed by atoms with van der Waals surface area (Å²) in [5.74, 6) is -0.211. The lowest BCUT2D eigenvalue weighted by Gasteiger charge is -2.13. The molecule has 2 nitrogen and oxygen atoms in total. The van der Waals surface area contributed by atoms with Crippen molar-refractivity contribution in [2.75, 3.05) is 0 Å². The molecule has 3 heteroatoms. The molecule has 0 amide bonds. The summed E-state index contributed by atoms with van der Waals surface area (Å²) >= 11 is 0. The second kappa shape index (κ2) is 2.76. The van der Waals surface area contributed by atoms with E-state index in [0.717, 1.165) is 5.56 Å². The summed E-state index contributed by atoms with van der Waals surface area (Å²) in [6.07, 6.45) is 0. The molecule has 0 unspecified atom stereocenters. The fourth-order valence-corrected chi connectivity index (χ4v) is 1.56. The molecule has 13 heavy (non-hydrogen) atoms. The Hall–Kier alpha value is -1.51. The molecule has 1 aliphatic heterocycles. The molecule has 1 aromatic rings. The van der Waals surface area contributed by atoms with Crippen LogP contribution < -0.4 is 0 Å². The average molecular weight is 179 g/mol. The summed E-state index contributed by atoms with van der Waals surface area (Å²) in [7, 11) is 0. The first-order chi connectivity index (χ1) is 6.18. The van der Waals surface area contributed by atoms with E-state index in [1.165, 1.54) is 6.07 Å². The summed E-state index contributed by atoms with van der Waals surface area (Å²) in [6.45, 7) is 4.37. The minimum atomic E-state index is -0.207. The molecule has 1 aliphatic rings. The third kappa shape index (κ3) is 1.26. The van der Waals surface area contributed by atoms with Crippen molar-refractivity contribution in [3.8, 4) is 0 Å². The third-order valence-corrected chi connectivity index (χ3v) is 2.29. The van der Waals surface area contributed by atoms with E-state index in [4.69, 9.17) is 5.11 Å². The molecule has 0 fully saturated rings. The zero-order valence-corrected chi connectivity index (χ0v) is 7.13. The molecule has 0 saturated heterocycles. The maximum absolute atomic E-state index is 13.2.